The number of nitrogens with zero attached hydrogens (tertiary/aromatic N) is 2. The van der Waals surface area contributed by atoms with Gasteiger partial charge in [0.1, 0.15) is 0 Å². The van der Waals surface area contributed by atoms with Crippen molar-refractivity contribution in [1.29, 1.82) is 0 Å². The van der Waals surface area contributed by atoms with Crippen LogP contribution in [0.3, 0.4) is 0 Å². The van der Waals surface area contributed by atoms with Crippen molar-refractivity contribution in [1.82, 2.24) is 15.5 Å². The third kappa shape index (κ3) is 8.58. The molecule has 1 aromatic rings. The fourth-order valence-electron chi connectivity index (χ4n) is 1.90. The van der Waals surface area contributed by atoms with Gasteiger partial charge < -0.3 is 15.5 Å². The molecule has 2 N–H and O–H groups in total. The first-order chi connectivity index (χ1) is 10.1. The molecule has 0 aliphatic carbocycles. The van der Waals surface area contributed by atoms with Gasteiger partial charge in [0.2, 0.25) is 0 Å². The quantitative estimate of drug-likeness (QED) is 0.440. The lowest BCUT2D eigenvalue weighted by atomic mass is 10.1. The van der Waals surface area contributed by atoms with Crippen molar-refractivity contribution in [3.8, 4) is 0 Å². The molecule has 0 saturated carbocycles. The zero-order valence-corrected chi connectivity index (χ0v) is 14.1. The maximum atomic E-state index is 5.88. The molecule has 5 heteroatoms. The maximum Gasteiger partial charge on any atom is 0.191 e. The molecule has 0 radical (unpaired) electrons. The topological polar surface area (TPSA) is 39.7 Å². The van der Waals surface area contributed by atoms with E-state index < -0.39 is 0 Å². The largest absolute Gasteiger partial charge is 0.357 e. The fourth-order valence-corrected chi connectivity index (χ4v) is 2.02. The van der Waals surface area contributed by atoms with Crippen LogP contribution in [0, 0.1) is 0 Å². The first-order valence-electron chi connectivity index (χ1n) is 7.53. The number of guanidine groups is 1. The molecule has 1 rings (SSSR count). The smallest absolute Gasteiger partial charge is 0.191 e. The third-order valence-electron chi connectivity index (χ3n) is 3.00. The summed E-state index contributed by atoms with van der Waals surface area (Å²) in [7, 11) is 4.17. The van der Waals surface area contributed by atoms with E-state index in [4.69, 9.17) is 11.6 Å². The molecule has 0 bridgehead atoms. The Morgan fingerprint density at radius 3 is 2.52 bits per heavy atom. The first-order valence-corrected chi connectivity index (χ1v) is 7.91. The summed E-state index contributed by atoms with van der Waals surface area (Å²) in [6.07, 6.45) is 2.03. The molecule has 0 aromatic heterocycles. The number of halogens is 1. The Balaban J connectivity index is 2.32. The molecule has 0 aliphatic heterocycles. The van der Waals surface area contributed by atoms with E-state index in [1.54, 1.807) is 0 Å². The van der Waals surface area contributed by atoms with E-state index in [1.165, 1.54) is 5.56 Å². The molecule has 0 spiro atoms. The molecule has 21 heavy (non-hydrogen) atoms. The zero-order chi connectivity index (χ0) is 15.5. The standard InChI is InChI=1S/C16H27ClN4/c1-4-18-16(19-11-5-13-21(2)3)20-12-10-14-6-8-15(17)9-7-14/h6-9H,4-5,10-13H2,1-3H3,(H2,18,19,20). The first kappa shape index (κ1) is 17.8. The second kappa shape index (κ2) is 10.5. The Morgan fingerprint density at radius 1 is 1.19 bits per heavy atom. The summed E-state index contributed by atoms with van der Waals surface area (Å²) in [5.41, 5.74) is 1.27. The van der Waals surface area contributed by atoms with Gasteiger partial charge in [-0.1, -0.05) is 23.7 Å². The van der Waals surface area contributed by atoms with Gasteiger partial charge in [0.05, 0.1) is 0 Å². The Kier molecular flexibility index (Phi) is 8.87. The molecule has 0 heterocycles. The molecule has 0 aliphatic rings. The van der Waals surface area contributed by atoms with Gasteiger partial charge in [-0.15, -0.1) is 0 Å². The minimum absolute atomic E-state index is 0.780. The van der Waals surface area contributed by atoms with Gasteiger partial charge >= 0.3 is 0 Å². The van der Waals surface area contributed by atoms with E-state index in [0.717, 1.165) is 50.0 Å². The molecule has 0 unspecified atom stereocenters. The molecule has 4 nitrogen and oxygen atoms in total. The maximum absolute atomic E-state index is 5.88. The Bertz CT molecular complexity index is 415. The van der Waals surface area contributed by atoms with Gasteiger partial charge in [0, 0.05) is 24.7 Å². The predicted molar refractivity (Wildman–Crippen MR) is 92.3 cm³/mol. The van der Waals surface area contributed by atoms with Crippen molar-refractivity contribution in [2.24, 2.45) is 4.99 Å². The lowest BCUT2D eigenvalue weighted by molar-refractivity contribution is 0.403. The number of hydrogen-bond acceptors (Lipinski definition) is 2. The van der Waals surface area contributed by atoms with Crippen molar-refractivity contribution < 1.29 is 0 Å². The molecular weight excluding hydrogens is 284 g/mol. The Morgan fingerprint density at radius 2 is 1.90 bits per heavy atom. The van der Waals surface area contributed by atoms with Crippen LogP contribution >= 0.6 is 11.6 Å². The highest BCUT2D eigenvalue weighted by atomic mass is 35.5. The van der Waals surface area contributed by atoms with Crippen molar-refractivity contribution in [3.63, 3.8) is 0 Å². The summed E-state index contributed by atoms with van der Waals surface area (Å²) in [6.45, 7) is 5.72. The molecule has 0 atom stereocenters. The van der Waals surface area contributed by atoms with Gasteiger partial charge in [-0.2, -0.15) is 0 Å². The van der Waals surface area contributed by atoms with Crippen LogP contribution in [0.15, 0.2) is 29.3 Å². The summed E-state index contributed by atoms with van der Waals surface area (Å²) in [4.78, 5) is 6.75. The average molecular weight is 311 g/mol. The van der Waals surface area contributed by atoms with Gasteiger partial charge in [0.15, 0.2) is 5.96 Å². The number of nitrogens with one attached hydrogen (secondary N) is 2. The van der Waals surface area contributed by atoms with E-state index in [1.807, 2.05) is 12.1 Å². The van der Waals surface area contributed by atoms with Crippen molar-refractivity contribution in [3.05, 3.63) is 34.9 Å². The fraction of sp³-hybridized carbons (Fsp3) is 0.562. The summed E-state index contributed by atoms with van der Waals surface area (Å²) in [5.74, 6) is 0.894. The van der Waals surface area contributed by atoms with Crippen LogP contribution in [0.5, 0.6) is 0 Å². The Hall–Kier alpha value is -1.26. The molecular formula is C16H27ClN4. The highest BCUT2D eigenvalue weighted by molar-refractivity contribution is 6.30. The van der Waals surface area contributed by atoms with Crippen molar-refractivity contribution >= 4 is 17.6 Å². The van der Waals surface area contributed by atoms with Crippen LogP contribution in [0.2, 0.25) is 5.02 Å². The van der Waals surface area contributed by atoms with Gasteiger partial charge in [-0.3, -0.25) is 4.99 Å². The SMILES string of the molecule is CCNC(=NCCCN(C)C)NCCc1ccc(Cl)cc1. The highest BCUT2D eigenvalue weighted by Crippen LogP contribution is 2.09. The monoisotopic (exact) mass is 310 g/mol. The van der Waals surface area contributed by atoms with Crippen LogP contribution < -0.4 is 10.6 Å². The second-order valence-corrected chi connectivity index (χ2v) is 5.66. The van der Waals surface area contributed by atoms with E-state index in [-0.39, 0.29) is 0 Å². The van der Waals surface area contributed by atoms with Crippen molar-refractivity contribution in [2.45, 2.75) is 19.8 Å². The van der Waals surface area contributed by atoms with Gasteiger partial charge in [0.25, 0.3) is 0 Å². The lowest BCUT2D eigenvalue weighted by Crippen LogP contribution is -2.38. The van der Waals surface area contributed by atoms with E-state index in [9.17, 15) is 0 Å². The summed E-state index contributed by atoms with van der Waals surface area (Å²) >= 11 is 5.88. The van der Waals surface area contributed by atoms with E-state index in [0.29, 0.717) is 0 Å². The number of hydrogen-bond donors (Lipinski definition) is 2. The van der Waals surface area contributed by atoms with Gasteiger partial charge in [-0.25, -0.2) is 0 Å². The average Bonchev–Trinajstić information content (AvgIpc) is 2.45. The van der Waals surface area contributed by atoms with Gasteiger partial charge in [-0.05, 0) is 58.1 Å². The molecule has 0 amide bonds. The van der Waals surface area contributed by atoms with Crippen LogP contribution in [0.4, 0.5) is 0 Å². The summed E-state index contributed by atoms with van der Waals surface area (Å²) in [6, 6.07) is 7.98. The van der Waals surface area contributed by atoms with Crippen LogP contribution in [0.25, 0.3) is 0 Å². The normalized spacial score (nSPS) is 11.8. The third-order valence-corrected chi connectivity index (χ3v) is 3.25. The summed E-state index contributed by atoms with van der Waals surface area (Å²) in [5, 5.41) is 7.41. The van der Waals surface area contributed by atoms with E-state index in [2.05, 4.69) is 53.7 Å². The number of benzene rings is 1. The lowest BCUT2D eigenvalue weighted by Gasteiger charge is -2.12. The van der Waals surface area contributed by atoms with Crippen LogP contribution in [0.1, 0.15) is 18.9 Å². The Labute approximate surface area is 133 Å². The minimum Gasteiger partial charge on any atom is -0.357 e. The van der Waals surface area contributed by atoms with Crippen LogP contribution in [-0.2, 0) is 6.42 Å². The van der Waals surface area contributed by atoms with E-state index >= 15 is 0 Å². The molecule has 0 saturated heterocycles. The second-order valence-electron chi connectivity index (χ2n) is 5.22. The summed E-state index contributed by atoms with van der Waals surface area (Å²) < 4.78 is 0. The molecule has 0 fully saturated rings. The molecule has 118 valence electrons. The van der Waals surface area contributed by atoms with Crippen molar-refractivity contribution in [2.75, 3.05) is 40.3 Å². The highest BCUT2D eigenvalue weighted by Gasteiger charge is 1.98. The van der Waals surface area contributed by atoms with Crippen LogP contribution in [-0.4, -0.2) is 51.1 Å². The number of aliphatic imine (C=N–C) groups is 1. The minimum atomic E-state index is 0.780. The number of rotatable bonds is 8. The molecule has 1 aromatic carbocycles. The zero-order valence-electron chi connectivity index (χ0n) is 13.3. The predicted octanol–water partition coefficient (Wildman–Crippen LogP) is 2.39.